The Balaban J connectivity index is 1.74. The average molecular weight is 473 g/mol. The van der Waals surface area contributed by atoms with E-state index in [1.165, 1.54) is 6.08 Å². The van der Waals surface area contributed by atoms with Gasteiger partial charge in [0.1, 0.15) is 22.1 Å². The summed E-state index contributed by atoms with van der Waals surface area (Å²) in [5.74, 6) is -2.18. The van der Waals surface area contributed by atoms with E-state index in [9.17, 15) is 24.8 Å². The number of furan rings is 1. The minimum atomic E-state index is -1.39. The highest BCUT2D eigenvalue weighted by Crippen LogP contribution is 2.29. The average Bonchev–Trinajstić information content (AvgIpc) is 3.21. The van der Waals surface area contributed by atoms with Crippen LogP contribution in [0, 0.1) is 10.1 Å². The Morgan fingerprint density at radius 2 is 1.80 bits per heavy atom. The van der Waals surface area contributed by atoms with Crippen LogP contribution in [0.25, 0.3) is 6.08 Å². The van der Waals surface area contributed by atoms with Gasteiger partial charge in [-0.1, -0.05) is 24.3 Å². The molecule has 0 aliphatic carbocycles. The first kappa shape index (κ1) is 20.8. The number of para-hydroxylation sites is 1. The third-order valence-corrected chi connectivity index (χ3v) is 4.38. The first-order chi connectivity index (χ1) is 14.3. The number of nitrogens with zero attached hydrogens (tertiary/aromatic N) is 1. The van der Waals surface area contributed by atoms with Crippen LogP contribution in [0.4, 0.5) is 5.88 Å². The smallest absolute Gasteiger partial charge is 0.433 e. The summed E-state index contributed by atoms with van der Waals surface area (Å²) in [5, 5.41) is 22.1. The molecule has 1 amide bonds. The van der Waals surface area contributed by atoms with E-state index in [-0.39, 0.29) is 5.76 Å². The van der Waals surface area contributed by atoms with Crippen molar-refractivity contribution >= 4 is 39.8 Å². The molecule has 2 N–H and O–H groups in total. The Kier molecular flexibility index (Phi) is 6.28. The maximum atomic E-state index is 12.1. The van der Waals surface area contributed by atoms with Gasteiger partial charge in [-0.05, 0) is 57.9 Å². The molecule has 0 radical (unpaired) electrons. The molecule has 10 heteroatoms. The van der Waals surface area contributed by atoms with Crippen molar-refractivity contribution in [3.8, 4) is 11.5 Å². The van der Waals surface area contributed by atoms with Gasteiger partial charge < -0.3 is 19.6 Å². The monoisotopic (exact) mass is 472 g/mol. The summed E-state index contributed by atoms with van der Waals surface area (Å²) >= 11 is 3.38. The van der Waals surface area contributed by atoms with Crippen LogP contribution in [0.1, 0.15) is 16.1 Å². The van der Waals surface area contributed by atoms with Crippen molar-refractivity contribution in [2.75, 3.05) is 0 Å². The van der Waals surface area contributed by atoms with E-state index < -0.39 is 28.4 Å². The summed E-state index contributed by atoms with van der Waals surface area (Å²) in [5.41, 5.74) is 0.0520. The molecule has 0 atom stereocenters. The second-order valence-corrected chi connectivity index (χ2v) is 6.67. The third kappa shape index (κ3) is 5.11. The number of benzene rings is 2. The molecule has 0 aliphatic rings. The molecule has 30 heavy (non-hydrogen) atoms. The molecule has 152 valence electrons. The van der Waals surface area contributed by atoms with Gasteiger partial charge in [-0.15, -0.1) is 0 Å². The molecule has 0 saturated heterocycles. The fraction of sp³-hybridized carbons (Fsp3) is 0. The fourth-order valence-corrected chi connectivity index (χ4v) is 2.70. The second-order valence-electron chi connectivity index (χ2n) is 5.81. The van der Waals surface area contributed by atoms with Crippen LogP contribution < -0.4 is 10.1 Å². The molecule has 0 unspecified atom stereocenters. The Morgan fingerprint density at radius 1 is 1.10 bits per heavy atom. The van der Waals surface area contributed by atoms with Gasteiger partial charge in [-0.2, -0.15) is 0 Å². The number of aliphatic carboxylic acids is 1. The number of halogens is 1. The number of ether oxygens (including phenoxy) is 1. The third-order valence-electron chi connectivity index (χ3n) is 3.73. The molecule has 1 aromatic heterocycles. The van der Waals surface area contributed by atoms with Crippen LogP contribution in [0.15, 0.2) is 75.3 Å². The SMILES string of the molecule is O=C(O)/C(=C\c1ccc(Oc2ccccc2Br)cc1)NC(=O)c1ccc([N+](=O)[O-])o1. The van der Waals surface area contributed by atoms with Crippen molar-refractivity contribution in [1.82, 2.24) is 5.32 Å². The summed E-state index contributed by atoms with van der Waals surface area (Å²) in [6, 6.07) is 15.9. The van der Waals surface area contributed by atoms with E-state index in [0.29, 0.717) is 17.1 Å². The van der Waals surface area contributed by atoms with E-state index in [0.717, 1.165) is 16.6 Å². The topological polar surface area (TPSA) is 132 Å². The normalized spacial score (nSPS) is 11.0. The van der Waals surface area contributed by atoms with Crippen LogP contribution >= 0.6 is 15.9 Å². The van der Waals surface area contributed by atoms with Crippen LogP contribution in [-0.4, -0.2) is 21.9 Å². The van der Waals surface area contributed by atoms with Gasteiger partial charge in [0.2, 0.25) is 0 Å². The van der Waals surface area contributed by atoms with E-state index in [1.807, 2.05) is 18.2 Å². The van der Waals surface area contributed by atoms with E-state index in [4.69, 9.17) is 9.15 Å². The lowest BCUT2D eigenvalue weighted by Gasteiger charge is -2.08. The number of amides is 1. The first-order valence-corrected chi connectivity index (χ1v) is 9.16. The summed E-state index contributed by atoms with van der Waals surface area (Å²) in [6.07, 6.45) is 1.24. The number of nitrogens with one attached hydrogen (secondary N) is 1. The Morgan fingerprint density at radius 3 is 2.40 bits per heavy atom. The van der Waals surface area contributed by atoms with Gasteiger partial charge in [-0.25, -0.2) is 4.79 Å². The number of hydrogen-bond acceptors (Lipinski definition) is 6. The van der Waals surface area contributed by atoms with Crippen molar-refractivity contribution in [3.05, 3.63) is 92.3 Å². The zero-order valence-corrected chi connectivity index (χ0v) is 16.7. The van der Waals surface area contributed by atoms with Crippen molar-refractivity contribution in [2.24, 2.45) is 0 Å². The quantitative estimate of drug-likeness (QED) is 0.291. The predicted molar refractivity (Wildman–Crippen MR) is 109 cm³/mol. The van der Waals surface area contributed by atoms with Gasteiger partial charge in [0, 0.05) is 0 Å². The van der Waals surface area contributed by atoms with Gasteiger partial charge in [-0.3, -0.25) is 14.9 Å². The minimum absolute atomic E-state index is 0.383. The Hall–Kier alpha value is -3.92. The Labute approximate surface area is 177 Å². The van der Waals surface area contributed by atoms with E-state index >= 15 is 0 Å². The van der Waals surface area contributed by atoms with Crippen molar-refractivity contribution in [2.45, 2.75) is 0 Å². The number of carbonyl (C=O) groups excluding carboxylic acids is 1. The van der Waals surface area contributed by atoms with Gasteiger partial charge >= 0.3 is 11.9 Å². The van der Waals surface area contributed by atoms with Crippen LogP contribution in [0.2, 0.25) is 0 Å². The maximum absolute atomic E-state index is 12.1. The number of carboxylic acids is 1. The minimum Gasteiger partial charge on any atom is -0.477 e. The largest absolute Gasteiger partial charge is 0.477 e. The molecule has 1 heterocycles. The lowest BCUT2D eigenvalue weighted by Crippen LogP contribution is -2.26. The molecule has 2 aromatic carbocycles. The molecule has 0 bridgehead atoms. The van der Waals surface area contributed by atoms with Crippen molar-refractivity contribution < 1.29 is 28.8 Å². The second kappa shape index (κ2) is 9.05. The molecule has 3 aromatic rings. The Bertz CT molecular complexity index is 1140. The molecule has 0 fully saturated rings. The first-order valence-electron chi connectivity index (χ1n) is 8.36. The number of carboxylic acid groups (broad SMARTS) is 1. The molecule has 0 spiro atoms. The fourth-order valence-electron chi connectivity index (χ4n) is 2.34. The zero-order valence-electron chi connectivity index (χ0n) is 15.1. The predicted octanol–water partition coefficient (Wildman–Crippen LogP) is 4.60. The highest BCUT2D eigenvalue weighted by atomic mass is 79.9. The highest BCUT2D eigenvalue weighted by Gasteiger charge is 2.20. The molecular formula is C20H13BrN2O7. The zero-order chi connectivity index (χ0) is 21.7. The summed E-state index contributed by atoms with van der Waals surface area (Å²) in [4.78, 5) is 33.4. The molecule has 3 rings (SSSR count). The van der Waals surface area contributed by atoms with Gasteiger partial charge in [0.15, 0.2) is 5.76 Å². The van der Waals surface area contributed by atoms with Crippen molar-refractivity contribution in [1.29, 1.82) is 0 Å². The summed E-state index contributed by atoms with van der Waals surface area (Å²) in [6.45, 7) is 0. The number of rotatable bonds is 7. The van der Waals surface area contributed by atoms with Crippen molar-refractivity contribution in [3.63, 3.8) is 0 Å². The lowest BCUT2D eigenvalue weighted by molar-refractivity contribution is -0.402. The summed E-state index contributed by atoms with van der Waals surface area (Å²) < 4.78 is 11.3. The molecule has 0 saturated carbocycles. The maximum Gasteiger partial charge on any atom is 0.433 e. The molecular weight excluding hydrogens is 460 g/mol. The number of nitro groups is 1. The highest BCUT2D eigenvalue weighted by molar-refractivity contribution is 9.10. The lowest BCUT2D eigenvalue weighted by atomic mass is 10.2. The number of carbonyl (C=O) groups is 2. The van der Waals surface area contributed by atoms with Crippen LogP contribution in [-0.2, 0) is 4.79 Å². The van der Waals surface area contributed by atoms with Gasteiger partial charge in [0.05, 0.1) is 10.5 Å². The van der Waals surface area contributed by atoms with E-state index in [1.54, 1.807) is 30.3 Å². The van der Waals surface area contributed by atoms with Gasteiger partial charge in [0.25, 0.3) is 5.91 Å². The summed E-state index contributed by atoms with van der Waals surface area (Å²) in [7, 11) is 0. The molecule has 0 aliphatic heterocycles. The number of hydrogen-bond donors (Lipinski definition) is 2. The molecule has 9 nitrogen and oxygen atoms in total. The van der Waals surface area contributed by atoms with E-state index in [2.05, 4.69) is 21.2 Å². The van der Waals surface area contributed by atoms with Crippen LogP contribution in [0.5, 0.6) is 11.5 Å². The standard InChI is InChI=1S/C20H13BrN2O7/c21-14-3-1-2-4-16(14)29-13-7-5-12(6-8-13)11-15(20(25)26)22-19(24)17-9-10-18(30-17)23(27)28/h1-11H,(H,22,24)(H,25,26)/b15-11+. The van der Waals surface area contributed by atoms with Crippen LogP contribution in [0.3, 0.4) is 0 Å².